The van der Waals surface area contributed by atoms with Crippen molar-refractivity contribution in [2.45, 2.75) is 18.7 Å². The molecule has 5 nitrogen and oxygen atoms in total. The molecule has 0 bridgehead atoms. The SMILES string of the molecule is CCS(=O)(=O)c1ccc(C(=O)N=c2sc3ccc(Cl)c(C)c3n2C)cc1. The highest BCUT2D eigenvalue weighted by atomic mass is 35.5. The second kappa shape index (κ2) is 6.98. The number of sulfone groups is 1. The minimum Gasteiger partial charge on any atom is -0.319 e. The molecule has 0 atom stereocenters. The molecule has 3 rings (SSSR count). The van der Waals surface area contributed by atoms with Crippen molar-refractivity contribution in [1.82, 2.24) is 4.57 Å². The van der Waals surface area contributed by atoms with Gasteiger partial charge in [0.05, 0.1) is 20.9 Å². The van der Waals surface area contributed by atoms with Gasteiger partial charge >= 0.3 is 0 Å². The summed E-state index contributed by atoms with van der Waals surface area (Å²) in [5.74, 6) is -0.402. The van der Waals surface area contributed by atoms with Gasteiger partial charge in [-0.2, -0.15) is 4.99 Å². The van der Waals surface area contributed by atoms with Gasteiger partial charge in [-0.05, 0) is 48.9 Å². The van der Waals surface area contributed by atoms with Gasteiger partial charge in [-0.25, -0.2) is 8.42 Å². The Hall–Kier alpha value is -1.96. The molecule has 0 aliphatic heterocycles. The van der Waals surface area contributed by atoms with Crippen molar-refractivity contribution in [2.75, 3.05) is 5.75 Å². The fraction of sp³-hybridized carbons (Fsp3) is 0.222. The van der Waals surface area contributed by atoms with Gasteiger partial charge in [0.1, 0.15) is 0 Å². The smallest absolute Gasteiger partial charge is 0.279 e. The van der Waals surface area contributed by atoms with Crippen LogP contribution in [0.3, 0.4) is 0 Å². The Morgan fingerprint density at radius 3 is 2.46 bits per heavy atom. The van der Waals surface area contributed by atoms with E-state index < -0.39 is 15.7 Å². The minimum absolute atomic E-state index is 0.0181. The Kier molecular flexibility index (Phi) is 5.05. The van der Waals surface area contributed by atoms with Gasteiger partial charge in [0.25, 0.3) is 5.91 Å². The van der Waals surface area contributed by atoms with Crippen molar-refractivity contribution in [3.05, 3.63) is 57.3 Å². The van der Waals surface area contributed by atoms with Gasteiger partial charge < -0.3 is 4.57 Å². The fourth-order valence-corrected chi connectivity index (χ4v) is 4.75. The predicted octanol–water partition coefficient (Wildman–Crippen LogP) is 3.74. The normalized spacial score (nSPS) is 12.7. The van der Waals surface area contributed by atoms with Gasteiger partial charge in [-0.3, -0.25) is 4.79 Å². The number of benzene rings is 2. The number of hydrogen-bond acceptors (Lipinski definition) is 4. The van der Waals surface area contributed by atoms with Crippen LogP contribution in [0.1, 0.15) is 22.8 Å². The number of carbonyl (C=O) groups excluding carboxylic acids is 1. The van der Waals surface area contributed by atoms with Crippen LogP contribution in [-0.2, 0) is 16.9 Å². The average molecular weight is 409 g/mol. The third kappa shape index (κ3) is 3.34. The van der Waals surface area contributed by atoms with Gasteiger partial charge in [0.2, 0.25) is 0 Å². The summed E-state index contributed by atoms with van der Waals surface area (Å²) >= 11 is 7.58. The van der Waals surface area contributed by atoms with E-state index in [1.807, 2.05) is 30.7 Å². The summed E-state index contributed by atoms with van der Waals surface area (Å²) in [6.45, 7) is 3.51. The number of aryl methyl sites for hydroxylation is 2. The molecule has 0 saturated heterocycles. The Morgan fingerprint density at radius 1 is 1.19 bits per heavy atom. The van der Waals surface area contributed by atoms with E-state index in [4.69, 9.17) is 11.6 Å². The molecule has 0 aliphatic carbocycles. The first-order chi connectivity index (χ1) is 12.2. The number of thiazole rings is 1. The highest BCUT2D eigenvalue weighted by Gasteiger charge is 2.13. The first-order valence-corrected chi connectivity index (χ1v) is 10.8. The van der Waals surface area contributed by atoms with Crippen LogP contribution < -0.4 is 4.80 Å². The van der Waals surface area contributed by atoms with Crippen LogP contribution in [0.25, 0.3) is 10.2 Å². The van der Waals surface area contributed by atoms with Gasteiger partial charge in [-0.1, -0.05) is 29.9 Å². The maximum atomic E-state index is 12.5. The van der Waals surface area contributed by atoms with Gasteiger partial charge in [0.15, 0.2) is 14.6 Å². The van der Waals surface area contributed by atoms with Crippen molar-refractivity contribution >= 4 is 48.9 Å². The zero-order valence-electron chi connectivity index (χ0n) is 14.5. The van der Waals surface area contributed by atoms with Crippen molar-refractivity contribution in [2.24, 2.45) is 12.0 Å². The lowest BCUT2D eigenvalue weighted by Gasteiger charge is -2.02. The number of amides is 1. The molecular weight excluding hydrogens is 392 g/mol. The van der Waals surface area contributed by atoms with Crippen LogP contribution in [0.4, 0.5) is 0 Å². The molecule has 0 aliphatic rings. The quantitative estimate of drug-likeness (QED) is 0.663. The van der Waals surface area contributed by atoms with E-state index >= 15 is 0 Å². The van der Waals surface area contributed by atoms with E-state index in [0.29, 0.717) is 15.4 Å². The fourth-order valence-electron chi connectivity index (χ4n) is 2.63. The Labute approximate surface area is 160 Å². The predicted molar refractivity (Wildman–Crippen MR) is 105 cm³/mol. The highest BCUT2D eigenvalue weighted by Crippen LogP contribution is 2.26. The van der Waals surface area contributed by atoms with E-state index in [1.165, 1.54) is 35.6 Å². The number of carbonyl (C=O) groups is 1. The van der Waals surface area contributed by atoms with Crippen molar-refractivity contribution in [3.63, 3.8) is 0 Å². The second-order valence-corrected chi connectivity index (χ2v) is 9.50. The molecule has 0 radical (unpaired) electrons. The largest absolute Gasteiger partial charge is 0.319 e. The number of nitrogens with zero attached hydrogens (tertiary/aromatic N) is 2. The second-order valence-electron chi connectivity index (χ2n) is 5.81. The first-order valence-electron chi connectivity index (χ1n) is 7.91. The molecule has 0 unspecified atom stereocenters. The van der Waals surface area contributed by atoms with Crippen molar-refractivity contribution < 1.29 is 13.2 Å². The van der Waals surface area contributed by atoms with Crippen LogP contribution in [-0.4, -0.2) is 24.6 Å². The molecule has 1 amide bonds. The van der Waals surface area contributed by atoms with E-state index in [0.717, 1.165) is 15.8 Å². The number of rotatable bonds is 3. The third-order valence-corrected chi connectivity index (χ3v) is 7.45. The van der Waals surface area contributed by atoms with Crippen LogP contribution >= 0.6 is 22.9 Å². The zero-order valence-corrected chi connectivity index (χ0v) is 16.9. The minimum atomic E-state index is -3.29. The summed E-state index contributed by atoms with van der Waals surface area (Å²) in [4.78, 5) is 17.4. The van der Waals surface area contributed by atoms with Crippen molar-refractivity contribution in [3.8, 4) is 0 Å². The molecule has 2 aromatic carbocycles. The highest BCUT2D eigenvalue weighted by molar-refractivity contribution is 7.91. The summed E-state index contributed by atoms with van der Waals surface area (Å²) in [6, 6.07) is 9.60. The van der Waals surface area contributed by atoms with E-state index in [-0.39, 0.29) is 10.6 Å². The van der Waals surface area contributed by atoms with Crippen LogP contribution in [0.2, 0.25) is 5.02 Å². The number of hydrogen-bond donors (Lipinski definition) is 0. The molecule has 1 aromatic heterocycles. The molecule has 0 fully saturated rings. The summed E-state index contributed by atoms with van der Waals surface area (Å²) in [5, 5.41) is 0.663. The van der Waals surface area contributed by atoms with E-state index in [2.05, 4.69) is 4.99 Å². The monoisotopic (exact) mass is 408 g/mol. The third-order valence-electron chi connectivity index (χ3n) is 4.19. The molecule has 3 aromatic rings. The number of aromatic nitrogens is 1. The molecule has 8 heteroatoms. The van der Waals surface area contributed by atoms with Gasteiger partial charge in [-0.15, -0.1) is 0 Å². The van der Waals surface area contributed by atoms with E-state index in [1.54, 1.807) is 6.92 Å². The van der Waals surface area contributed by atoms with Crippen LogP contribution in [0.15, 0.2) is 46.3 Å². The molecule has 26 heavy (non-hydrogen) atoms. The molecular formula is C18H17ClN2O3S2. The Morgan fingerprint density at radius 2 is 1.85 bits per heavy atom. The van der Waals surface area contributed by atoms with Crippen LogP contribution in [0, 0.1) is 6.92 Å². The Bertz CT molecular complexity index is 1170. The lowest BCUT2D eigenvalue weighted by molar-refractivity contribution is 0.0998. The molecule has 0 saturated carbocycles. The maximum Gasteiger partial charge on any atom is 0.279 e. The Balaban J connectivity index is 2.03. The molecule has 0 N–H and O–H groups in total. The number of fused-ring (bicyclic) bond motifs is 1. The first kappa shape index (κ1) is 18.8. The summed E-state index contributed by atoms with van der Waals surface area (Å²) in [5.41, 5.74) is 2.22. The molecule has 0 spiro atoms. The topological polar surface area (TPSA) is 68.5 Å². The zero-order chi connectivity index (χ0) is 19.1. The molecule has 1 heterocycles. The van der Waals surface area contributed by atoms with E-state index in [9.17, 15) is 13.2 Å². The lowest BCUT2D eigenvalue weighted by atomic mass is 10.2. The summed E-state index contributed by atoms with van der Waals surface area (Å²) in [6.07, 6.45) is 0. The number of halogens is 1. The lowest BCUT2D eigenvalue weighted by Crippen LogP contribution is -2.14. The standard InChI is InChI=1S/C18H17ClN2O3S2/c1-4-26(23,24)13-7-5-12(6-8-13)17(22)20-18-21(3)16-11(2)14(19)9-10-15(16)25-18/h5-10H,4H2,1-3H3. The van der Waals surface area contributed by atoms with Gasteiger partial charge in [0, 0.05) is 17.6 Å². The van der Waals surface area contributed by atoms with Crippen molar-refractivity contribution in [1.29, 1.82) is 0 Å². The average Bonchev–Trinajstić information content (AvgIpc) is 2.94. The summed E-state index contributed by atoms with van der Waals surface area (Å²) in [7, 11) is -1.45. The maximum absolute atomic E-state index is 12.5. The molecule has 136 valence electrons. The van der Waals surface area contributed by atoms with Crippen LogP contribution in [0.5, 0.6) is 0 Å². The summed E-state index contributed by atoms with van der Waals surface area (Å²) < 4.78 is 26.5.